The molecule has 0 unspecified atom stereocenters. The minimum atomic E-state index is -1.26. The average molecular weight is 341 g/mol. The highest BCUT2D eigenvalue weighted by Crippen LogP contribution is 2.40. The second-order valence-electron chi connectivity index (χ2n) is 5.69. The monoisotopic (exact) mass is 341 g/mol. The van der Waals surface area contributed by atoms with Crippen molar-refractivity contribution < 1.29 is 19.2 Å². The van der Waals surface area contributed by atoms with Gasteiger partial charge in [-0.15, -0.1) is 0 Å². The standard InChI is InChI=1S/C19H19NO5/c1-13(21)16(19(22)25-2)17(14-9-5-3-6-10-14)18(20(23)24)15-11-7-4-8-12-15/h3-12,16-18H,1-2H3/t16-,17-,18+/m0/s1. The Morgan fingerprint density at radius 2 is 1.44 bits per heavy atom. The van der Waals surface area contributed by atoms with Crippen molar-refractivity contribution in [2.75, 3.05) is 7.11 Å². The normalized spacial score (nSPS) is 14.2. The number of ether oxygens (including phenoxy) is 1. The van der Waals surface area contributed by atoms with Gasteiger partial charge in [-0.25, -0.2) is 0 Å². The van der Waals surface area contributed by atoms with Gasteiger partial charge in [0.2, 0.25) is 6.04 Å². The van der Waals surface area contributed by atoms with Gasteiger partial charge in [0.15, 0.2) is 0 Å². The summed E-state index contributed by atoms with van der Waals surface area (Å²) in [5.41, 5.74) is 0.968. The molecule has 0 amide bonds. The van der Waals surface area contributed by atoms with Crippen LogP contribution in [0.15, 0.2) is 60.7 Å². The van der Waals surface area contributed by atoms with Gasteiger partial charge in [0, 0.05) is 10.5 Å². The summed E-state index contributed by atoms with van der Waals surface area (Å²) in [6.45, 7) is 1.25. The van der Waals surface area contributed by atoms with Crippen LogP contribution in [-0.4, -0.2) is 23.8 Å². The summed E-state index contributed by atoms with van der Waals surface area (Å²) < 4.78 is 4.76. The number of nitro groups is 1. The van der Waals surface area contributed by atoms with E-state index in [9.17, 15) is 19.7 Å². The first-order valence-electron chi connectivity index (χ1n) is 7.79. The molecule has 0 aliphatic carbocycles. The Morgan fingerprint density at radius 1 is 0.960 bits per heavy atom. The van der Waals surface area contributed by atoms with E-state index >= 15 is 0 Å². The Kier molecular flexibility index (Phi) is 6.00. The van der Waals surface area contributed by atoms with Crippen LogP contribution in [0.25, 0.3) is 0 Å². The minimum Gasteiger partial charge on any atom is -0.468 e. The molecule has 0 bridgehead atoms. The molecule has 6 heteroatoms. The largest absolute Gasteiger partial charge is 0.468 e. The van der Waals surface area contributed by atoms with Gasteiger partial charge in [0.1, 0.15) is 11.7 Å². The number of Topliss-reactive ketones (excluding diaryl/α,β-unsaturated/α-hetero) is 1. The van der Waals surface area contributed by atoms with Gasteiger partial charge >= 0.3 is 5.97 Å². The van der Waals surface area contributed by atoms with Crippen LogP contribution in [0.4, 0.5) is 0 Å². The van der Waals surface area contributed by atoms with Crippen LogP contribution in [0.1, 0.15) is 30.0 Å². The lowest BCUT2D eigenvalue weighted by Gasteiger charge is -2.26. The van der Waals surface area contributed by atoms with E-state index in [1.165, 1.54) is 14.0 Å². The van der Waals surface area contributed by atoms with Gasteiger partial charge in [-0.05, 0) is 12.5 Å². The Hall–Kier alpha value is -3.02. The summed E-state index contributed by atoms with van der Waals surface area (Å²) in [6, 6.07) is 15.7. The van der Waals surface area contributed by atoms with Gasteiger partial charge in [0.25, 0.3) is 0 Å². The Balaban J connectivity index is 2.66. The zero-order chi connectivity index (χ0) is 18.4. The number of carbonyl (C=O) groups is 2. The van der Waals surface area contributed by atoms with E-state index in [0.29, 0.717) is 11.1 Å². The van der Waals surface area contributed by atoms with Crippen LogP contribution < -0.4 is 0 Å². The fraction of sp³-hybridized carbons (Fsp3) is 0.263. The van der Waals surface area contributed by atoms with Crippen molar-refractivity contribution in [3.8, 4) is 0 Å². The quantitative estimate of drug-likeness (QED) is 0.334. The maximum atomic E-state index is 12.3. The van der Waals surface area contributed by atoms with Crippen molar-refractivity contribution in [2.45, 2.75) is 18.9 Å². The molecule has 2 aromatic carbocycles. The Bertz CT molecular complexity index is 745. The molecule has 6 nitrogen and oxygen atoms in total. The highest BCUT2D eigenvalue weighted by molar-refractivity contribution is 5.98. The van der Waals surface area contributed by atoms with Crippen molar-refractivity contribution in [3.63, 3.8) is 0 Å². The van der Waals surface area contributed by atoms with Crippen molar-refractivity contribution in [2.24, 2.45) is 5.92 Å². The molecule has 25 heavy (non-hydrogen) atoms. The number of benzene rings is 2. The number of rotatable bonds is 7. The van der Waals surface area contributed by atoms with Gasteiger partial charge in [-0.3, -0.25) is 19.7 Å². The van der Waals surface area contributed by atoms with Crippen LogP contribution in [-0.2, 0) is 14.3 Å². The number of nitrogens with zero attached hydrogens (tertiary/aromatic N) is 1. The molecule has 2 aromatic rings. The van der Waals surface area contributed by atoms with E-state index in [1.54, 1.807) is 60.7 Å². The van der Waals surface area contributed by atoms with Gasteiger partial charge in [-0.1, -0.05) is 60.7 Å². The molecule has 0 saturated carbocycles. The van der Waals surface area contributed by atoms with E-state index in [4.69, 9.17) is 4.74 Å². The van der Waals surface area contributed by atoms with Crippen molar-refractivity contribution in [1.82, 2.24) is 0 Å². The first-order valence-corrected chi connectivity index (χ1v) is 7.79. The molecule has 0 aromatic heterocycles. The number of methoxy groups -OCH3 is 1. The molecule has 0 heterocycles. The summed E-state index contributed by atoms with van der Waals surface area (Å²) in [5, 5.41) is 11.9. The number of hydrogen-bond donors (Lipinski definition) is 0. The lowest BCUT2D eigenvalue weighted by atomic mass is 9.76. The topological polar surface area (TPSA) is 86.5 Å². The van der Waals surface area contributed by atoms with Gasteiger partial charge in [0.05, 0.1) is 13.0 Å². The number of esters is 1. The predicted molar refractivity (Wildman–Crippen MR) is 91.5 cm³/mol. The summed E-state index contributed by atoms with van der Waals surface area (Å²) in [7, 11) is 1.17. The van der Waals surface area contributed by atoms with Crippen LogP contribution >= 0.6 is 0 Å². The first kappa shape index (κ1) is 18.3. The maximum Gasteiger partial charge on any atom is 0.317 e. The third kappa shape index (κ3) is 4.09. The third-order valence-electron chi connectivity index (χ3n) is 4.15. The lowest BCUT2D eigenvalue weighted by molar-refractivity contribution is -0.534. The van der Waals surface area contributed by atoms with Gasteiger partial charge in [-0.2, -0.15) is 0 Å². The summed E-state index contributed by atoms with van der Waals surface area (Å²) in [4.78, 5) is 35.9. The summed E-state index contributed by atoms with van der Waals surface area (Å²) in [5.74, 6) is -3.47. The summed E-state index contributed by atoms with van der Waals surface area (Å²) in [6.07, 6.45) is 0. The smallest absolute Gasteiger partial charge is 0.317 e. The fourth-order valence-electron chi connectivity index (χ4n) is 3.04. The van der Waals surface area contributed by atoms with E-state index in [2.05, 4.69) is 0 Å². The molecular weight excluding hydrogens is 322 g/mol. The molecule has 0 spiro atoms. The van der Waals surface area contributed by atoms with Crippen LogP contribution in [0.2, 0.25) is 0 Å². The van der Waals surface area contributed by atoms with Crippen LogP contribution in [0, 0.1) is 16.0 Å². The molecule has 0 aliphatic rings. The molecule has 3 atom stereocenters. The molecule has 0 radical (unpaired) electrons. The number of hydrogen-bond acceptors (Lipinski definition) is 5. The van der Waals surface area contributed by atoms with Crippen molar-refractivity contribution in [3.05, 3.63) is 81.9 Å². The number of ketones is 1. The molecular formula is C19H19NO5. The molecule has 130 valence electrons. The zero-order valence-corrected chi connectivity index (χ0v) is 14.0. The van der Waals surface area contributed by atoms with Crippen molar-refractivity contribution in [1.29, 1.82) is 0 Å². The molecule has 0 N–H and O–H groups in total. The third-order valence-corrected chi connectivity index (χ3v) is 4.15. The fourth-order valence-corrected chi connectivity index (χ4v) is 3.04. The zero-order valence-electron chi connectivity index (χ0n) is 14.0. The minimum absolute atomic E-state index is 0.427. The SMILES string of the molecule is COC(=O)[C@@H](C(C)=O)[C@H](c1ccccc1)[C@@H](c1ccccc1)[N+](=O)[O-]. The Labute approximate surface area is 145 Å². The van der Waals surface area contributed by atoms with Crippen LogP contribution in [0.5, 0.6) is 0 Å². The van der Waals surface area contributed by atoms with Crippen LogP contribution in [0.3, 0.4) is 0 Å². The Morgan fingerprint density at radius 3 is 1.84 bits per heavy atom. The molecule has 0 aliphatic heterocycles. The first-order chi connectivity index (χ1) is 12.0. The second kappa shape index (κ2) is 8.19. The summed E-state index contributed by atoms with van der Waals surface area (Å²) >= 11 is 0. The van der Waals surface area contributed by atoms with Crippen molar-refractivity contribution >= 4 is 11.8 Å². The highest BCUT2D eigenvalue weighted by atomic mass is 16.6. The molecule has 0 fully saturated rings. The molecule has 0 saturated heterocycles. The highest BCUT2D eigenvalue weighted by Gasteiger charge is 2.45. The van der Waals surface area contributed by atoms with E-state index in [1.807, 2.05) is 0 Å². The predicted octanol–water partition coefficient (Wildman–Crippen LogP) is 3.17. The molecule has 2 rings (SSSR count). The van der Waals surface area contributed by atoms with E-state index in [0.717, 1.165) is 0 Å². The maximum absolute atomic E-state index is 12.3. The van der Waals surface area contributed by atoms with E-state index < -0.39 is 34.6 Å². The lowest BCUT2D eigenvalue weighted by Crippen LogP contribution is -2.35. The average Bonchev–Trinajstić information content (AvgIpc) is 2.62. The second-order valence-corrected chi connectivity index (χ2v) is 5.69. The number of carbonyl (C=O) groups excluding carboxylic acids is 2. The van der Waals surface area contributed by atoms with E-state index in [-0.39, 0.29) is 0 Å². The van der Waals surface area contributed by atoms with Gasteiger partial charge < -0.3 is 4.74 Å².